The quantitative estimate of drug-likeness (QED) is 0.771. The molecule has 3 rings (SSSR count). The maximum Gasteiger partial charge on any atom is 0.416 e. The molecule has 2 aromatic carbocycles. The minimum absolute atomic E-state index is 0.146. The highest BCUT2D eigenvalue weighted by Gasteiger charge is 2.34. The molecule has 1 saturated heterocycles. The molecular formula is C23H28F3N3O. The topological polar surface area (TPSA) is 35.6 Å². The van der Waals surface area contributed by atoms with E-state index in [1.54, 1.807) is 18.2 Å². The minimum Gasteiger partial charge on any atom is -0.322 e. The average molecular weight is 419 g/mol. The van der Waals surface area contributed by atoms with Crippen LogP contribution in [-0.4, -0.2) is 48.9 Å². The molecule has 1 aliphatic rings. The van der Waals surface area contributed by atoms with Crippen molar-refractivity contribution in [2.45, 2.75) is 33.0 Å². The maximum absolute atomic E-state index is 13.7. The molecule has 2 aromatic rings. The van der Waals surface area contributed by atoms with Crippen LogP contribution in [0.5, 0.6) is 0 Å². The van der Waals surface area contributed by atoms with Gasteiger partial charge in [-0.25, -0.2) is 0 Å². The van der Waals surface area contributed by atoms with Gasteiger partial charge in [-0.15, -0.1) is 0 Å². The Morgan fingerprint density at radius 1 is 1.03 bits per heavy atom. The number of nitrogens with one attached hydrogen (secondary N) is 1. The SMILES string of the molecule is CCc1cc(C(=O)Nc2ccc(CN3CCN(C)CC3)c(C(F)(F)F)c2)ccc1C. The molecule has 1 amide bonds. The van der Waals surface area contributed by atoms with Crippen LogP contribution in [-0.2, 0) is 19.1 Å². The van der Waals surface area contributed by atoms with E-state index in [9.17, 15) is 18.0 Å². The van der Waals surface area contributed by atoms with Gasteiger partial charge >= 0.3 is 6.18 Å². The summed E-state index contributed by atoms with van der Waals surface area (Å²) in [5.74, 6) is -0.412. The first kappa shape index (κ1) is 22.3. The fourth-order valence-corrected chi connectivity index (χ4v) is 3.70. The molecule has 0 aliphatic carbocycles. The molecule has 7 heteroatoms. The molecule has 162 valence electrons. The van der Waals surface area contributed by atoms with E-state index in [4.69, 9.17) is 0 Å². The lowest BCUT2D eigenvalue weighted by Crippen LogP contribution is -2.44. The fraction of sp³-hybridized carbons (Fsp3) is 0.435. The summed E-state index contributed by atoms with van der Waals surface area (Å²) in [4.78, 5) is 16.8. The molecule has 0 radical (unpaired) electrons. The van der Waals surface area contributed by atoms with Gasteiger partial charge in [-0.05, 0) is 61.3 Å². The number of aryl methyl sites for hydroxylation is 2. The third-order valence-corrected chi connectivity index (χ3v) is 5.66. The molecule has 0 aromatic heterocycles. The maximum atomic E-state index is 13.7. The number of piperazine rings is 1. The highest BCUT2D eigenvalue weighted by Crippen LogP contribution is 2.34. The zero-order valence-electron chi connectivity index (χ0n) is 17.6. The van der Waals surface area contributed by atoms with Crippen molar-refractivity contribution < 1.29 is 18.0 Å². The summed E-state index contributed by atoms with van der Waals surface area (Å²) in [6, 6.07) is 9.40. The monoisotopic (exact) mass is 419 g/mol. The fourth-order valence-electron chi connectivity index (χ4n) is 3.70. The van der Waals surface area contributed by atoms with Crippen molar-refractivity contribution in [3.63, 3.8) is 0 Å². The standard InChI is InChI=1S/C23H28F3N3O/c1-4-17-13-18(6-5-16(17)2)22(30)27-20-8-7-19(21(14-20)23(24,25)26)15-29-11-9-28(3)10-12-29/h5-8,13-14H,4,9-12,15H2,1-3H3,(H,27,30). The molecule has 30 heavy (non-hydrogen) atoms. The van der Waals surface area contributed by atoms with Gasteiger partial charge in [-0.2, -0.15) is 13.2 Å². The molecule has 1 N–H and O–H groups in total. The molecule has 4 nitrogen and oxygen atoms in total. The lowest BCUT2D eigenvalue weighted by Gasteiger charge is -2.33. The molecule has 1 aliphatic heterocycles. The summed E-state index contributed by atoms with van der Waals surface area (Å²) in [6.07, 6.45) is -3.70. The highest BCUT2D eigenvalue weighted by atomic mass is 19.4. The number of alkyl halides is 3. The largest absolute Gasteiger partial charge is 0.416 e. The Hall–Kier alpha value is -2.38. The molecule has 0 atom stereocenters. The van der Waals surface area contributed by atoms with Crippen molar-refractivity contribution >= 4 is 11.6 Å². The molecule has 1 fully saturated rings. The summed E-state index contributed by atoms with van der Waals surface area (Å²) in [7, 11) is 2.01. The van der Waals surface area contributed by atoms with Crippen LogP contribution in [0.3, 0.4) is 0 Å². The van der Waals surface area contributed by atoms with E-state index >= 15 is 0 Å². The number of hydrogen-bond donors (Lipinski definition) is 1. The van der Waals surface area contributed by atoms with E-state index in [1.807, 2.05) is 31.9 Å². The van der Waals surface area contributed by atoms with Crippen molar-refractivity contribution in [1.29, 1.82) is 0 Å². The second kappa shape index (κ2) is 9.18. The first-order valence-corrected chi connectivity index (χ1v) is 10.2. The van der Waals surface area contributed by atoms with Crippen molar-refractivity contribution in [2.75, 3.05) is 38.5 Å². The van der Waals surface area contributed by atoms with Crippen LogP contribution in [0.2, 0.25) is 0 Å². The third kappa shape index (κ3) is 5.40. The van der Waals surface area contributed by atoms with E-state index in [0.717, 1.165) is 49.8 Å². The Labute approximate surface area is 175 Å². The van der Waals surface area contributed by atoms with Gasteiger partial charge in [0.25, 0.3) is 5.91 Å². The molecule has 1 heterocycles. The van der Waals surface area contributed by atoms with E-state index in [-0.39, 0.29) is 17.8 Å². The Morgan fingerprint density at radius 3 is 2.37 bits per heavy atom. The lowest BCUT2D eigenvalue weighted by molar-refractivity contribution is -0.138. The Kier molecular flexibility index (Phi) is 6.83. The van der Waals surface area contributed by atoms with E-state index in [1.165, 1.54) is 6.07 Å². The zero-order chi connectivity index (χ0) is 21.9. The molecule has 0 saturated carbocycles. The first-order valence-electron chi connectivity index (χ1n) is 10.2. The van der Waals surface area contributed by atoms with Crippen LogP contribution >= 0.6 is 0 Å². The summed E-state index contributed by atoms with van der Waals surface area (Å²) >= 11 is 0. The van der Waals surface area contributed by atoms with Crippen molar-refractivity contribution in [2.24, 2.45) is 0 Å². The van der Waals surface area contributed by atoms with Crippen LogP contribution in [0.25, 0.3) is 0 Å². The number of rotatable bonds is 5. The van der Waals surface area contributed by atoms with Crippen molar-refractivity contribution in [3.8, 4) is 0 Å². The predicted molar refractivity (Wildman–Crippen MR) is 113 cm³/mol. The number of nitrogens with zero attached hydrogens (tertiary/aromatic N) is 2. The van der Waals surface area contributed by atoms with Gasteiger partial charge in [0.15, 0.2) is 0 Å². The Balaban J connectivity index is 1.80. The van der Waals surface area contributed by atoms with E-state index in [2.05, 4.69) is 10.2 Å². The normalized spacial score (nSPS) is 15.9. The molecule has 0 unspecified atom stereocenters. The van der Waals surface area contributed by atoms with Gasteiger partial charge in [-0.3, -0.25) is 9.69 Å². The molecule has 0 spiro atoms. The number of anilines is 1. The van der Waals surface area contributed by atoms with Crippen molar-refractivity contribution in [1.82, 2.24) is 9.80 Å². The van der Waals surface area contributed by atoms with E-state index < -0.39 is 17.6 Å². The number of amides is 1. The second-order valence-electron chi connectivity index (χ2n) is 7.90. The smallest absolute Gasteiger partial charge is 0.322 e. The van der Waals surface area contributed by atoms with Gasteiger partial charge < -0.3 is 10.2 Å². The van der Waals surface area contributed by atoms with Gasteiger partial charge in [0.05, 0.1) is 5.56 Å². The van der Waals surface area contributed by atoms with Gasteiger partial charge in [-0.1, -0.05) is 19.1 Å². The number of halogens is 3. The van der Waals surface area contributed by atoms with Crippen LogP contribution in [0, 0.1) is 6.92 Å². The van der Waals surface area contributed by atoms with Crippen LogP contribution in [0.1, 0.15) is 39.5 Å². The predicted octanol–water partition coefficient (Wildman–Crippen LogP) is 4.58. The number of benzene rings is 2. The number of carbonyl (C=O) groups excluding carboxylic acids is 1. The number of hydrogen-bond acceptors (Lipinski definition) is 3. The summed E-state index contributed by atoms with van der Waals surface area (Å²) in [6.45, 7) is 7.36. The van der Waals surface area contributed by atoms with E-state index in [0.29, 0.717) is 5.56 Å². The number of likely N-dealkylation sites (N-methyl/N-ethyl adjacent to an activating group) is 1. The van der Waals surface area contributed by atoms with Crippen LogP contribution in [0.4, 0.5) is 18.9 Å². The first-order chi connectivity index (χ1) is 14.2. The molecular weight excluding hydrogens is 391 g/mol. The third-order valence-electron chi connectivity index (χ3n) is 5.66. The second-order valence-corrected chi connectivity index (χ2v) is 7.90. The summed E-state index contributed by atoms with van der Waals surface area (Å²) < 4.78 is 41.1. The van der Waals surface area contributed by atoms with Gasteiger partial charge in [0.2, 0.25) is 0 Å². The summed E-state index contributed by atoms with van der Waals surface area (Å²) in [5.41, 5.74) is 2.24. The van der Waals surface area contributed by atoms with Crippen LogP contribution < -0.4 is 5.32 Å². The van der Waals surface area contributed by atoms with Gasteiger partial charge in [0.1, 0.15) is 0 Å². The Bertz CT molecular complexity index is 903. The molecule has 0 bridgehead atoms. The number of carbonyl (C=O) groups is 1. The summed E-state index contributed by atoms with van der Waals surface area (Å²) in [5, 5.41) is 2.62. The lowest BCUT2D eigenvalue weighted by atomic mass is 10.0. The van der Waals surface area contributed by atoms with Crippen LogP contribution in [0.15, 0.2) is 36.4 Å². The average Bonchev–Trinajstić information content (AvgIpc) is 2.70. The highest BCUT2D eigenvalue weighted by molar-refractivity contribution is 6.04. The zero-order valence-corrected chi connectivity index (χ0v) is 17.6. The van der Waals surface area contributed by atoms with Gasteiger partial charge in [0, 0.05) is 44.0 Å². The minimum atomic E-state index is -4.48. The van der Waals surface area contributed by atoms with Crippen molar-refractivity contribution in [3.05, 3.63) is 64.2 Å². The Morgan fingerprint density at radius 2 is 1.73 bits per heavy atom.